The van der Waals surface area contributed by atoms with Crippen molar-refractivity contribution in [3.05, 3.63) is 29.5 Å². The average Bonchev–Trinajstić information content (AvgIpc) is 3.16. The summed E-state index contributed by atoms with van der Waals surface area (Å²) >= 11 is 0. The third-order valence-electron chi connectivity index (χ3n) is 3.79. The number of ether oxygens (including phenoxy) is 1. The summed E-state index contributed by atoms with van der Waals surface area (Å²) in [5.74, 6) is 0.963. The Morgan fingerprint density at radius 1 is 1.37 bits per heavy atom. The van der Waals surface area contributed by atoms with E-state index in [2.05, 4.69) is 29.4 Å². The summed E-state index contributed by atoms with van der Waals surface area (Å²) in [7, 11) is 0. The van der Waals surface area contributed by atoms with Gasteiger partial charge in [0.15, 0.2) is 0 Å². The molecule has 0 atom stereocenters. The molecule has 3 nitrogen and oxygen atoms in total. The van der Waals surface area contributed by atoms with Gasteiger partial charge in [-0.3, -0.25) is 0 Å². The number of aryl methyl sites for hydroxylation is 1. The van der Waals surface area contributed by atoms with Crippen LogP contribution in [0.2, 0.25) is 0 Å². The molecule has 1 aliphatic rings. The van der Waals surface area contributed by atoms with Crippen molar-refractivity contribution in [3.8, 4) is 5.75 Å². The maximum atomic E-state index is 5.60. The predicted octanol–water partition coefficient (Wildman–Crippen LogP) is 3.17. The highest BCUT2D eigenvalue weighted by atomic mass is 16.5. The second-order valence-corrected chi connectivity index (χ2v) is 5.35. The molecule has 1 fully saturated rings. The number of aromatic amines is 1. The lowest BCUT2D eigenvalue weighted by atomic mass is 10.1. The van der Waals surface area contributed by atoms with E-state index in [1.807, 2.05) is 13.0 Å². The molecule has 0 unspecified atom stereocenters. The molecule has 1 aromatic heterocycles. The number of hydrogen-bond acceptors (Lipinski definition) is 2. The van der Waals surface area contributed by atoms with Crippen LogP contribution >= 0.6 is 0 Å². The van der Waals surface area contributed by atoms with Crippen molar-refractivity contribution >= 4 is 10.9 Å². The summed E-state index contributed by atoms with van der Waals surface area (Å²) in [4.78, 5) is 3.47. The Bertz CT molecular complexity index is 569. The molecular formula is C16H22N2O. The summed E-state index contributed by atoms with van der Waals surface area (Å²) in [6.07, 6.45) is 3.78. The standard InChI is InChI=1S/C16H22N2O/c1-3-19-13-6-7-16-15(10-13)14(11(2)18-16)8-9-17-12-4-5-12/h6-7,10,12,17-18H,3-5,8-9H2,1-2H3. The zero-order chi connectivity index (χ0) is 13.2. The van der Waals surface area contributed by atoms with Crippen molar-refractivity contribution in [2.45, 2.75) is 39.2 Å². The highest BCUT2D eigenvalue weighted by Crippen LogP contribution is 2.27. The molecule has 3 heteroatoms. The topological polar surface area (TPSA) is 37.0 Å². The van der Waals surface area contributed by atoms with E-state index in [1.165, 1.54) is 35.0 Å². The van der Waals surface area contributed by atoms with Gasteiger partial charge >= 0.3 is 0 Å². The van der Waals surface area contributed by atoms with Gasteiger partial charge in [-0.25, -0.2) is 0 Å². The lowest BCUT2D eigenvalue weighted by Crippen LogP contribution is -2.19. The van der Waals surface area contributed by atoms with Gasteiger partial charge in [0.1, 0.15) is 5.75 Å². The van der Waals surface area contributed by atoms with E-state index in [9.17, 15) is 0 Å². The van der Waals surface area contributed by atoms with E-state index in [0.29, 0.717) is 6.61 Å². The fourth-order valence-corrected chi connectivity index (χ4v) is 2.63. The quantitative estimate of drug-likeness (QED) is 0.835. The van der Waals surface area contributed by atoms with Crippen molar-refractivity contribution in [3.63, 3.8) is 0 Å². The molecule has 0 bridgehead atoms. The highest BCUT2D eigenvalue weighted by molar-refractivity contribution is 5.86. The third kappa shape index (κ3) is 2.76. The molecule has 0 radical (unpaired) electrons. The van der Waals surface area contributed by atoms with E-state index in [4.69, 9.17) is 4.74 Å². The number of fused-ring (bicyclic) bond motifs is 1. The zero-order valence-corrected chi connectivity index (χ0v) is 11.8. The molecule has 102 valence electrons. The van der Waals surface area contributed by atoms with Crippen LogP contribution in [-0.4, -0.2) is 24.2 Å². The van der Waals surface area contributed by atoms with Crippen molar-refractivity contribution in [1.82, 2.24) is 10.3 Å². The Morgan fingerprint density at radius 3 is 2.95 bits per heavy atom. The van der Waals surface area contributed by atoms with Crippen molar-refractivity contribution in [2.75, 3.05) is 13.2 Å². The second kappa shape index (κ2) is 5.25. The van der Waals surface area contributed by atoms with Crippen LogP contribution in [0.5, 0.6) is 5.75 Å². The molecule has 0 aliphatic heterocycles. The molecule has 2 aromatic rings. The number of H-pyrrole nitrogens is 1. The van der Waals surface area contributed by atoms with E-state index in [1.54, 1.807) is 0 Å². The second-order valence-electron chi connectivity index (χ2n) is 5.35. The molecule has 2 N–H and O–H groups in total. The normalized spacial score (nSPS) is 15.1. The molecule has 1 aliphatic carbocycles. The molecule has 0 amide bonds. The van der Waals surface area contributed by atoms with Gasteiger partial charge < -0.3 is 15.0 Å². The molecular weight excluding hydrogens is 236 g/mol. The summed E-state index contributed by atoms with van der Waals surface area (Å²) in [6, 6.07) is 7.10. The molecule has 1 saturated carbocycles. The van der Waals surface area contributed by atoms with E-state index in [0.717, 1.165) is 24.8 Å². The van der Waals surface area contributed by atoms with Gasteiger partial charge in [0.05, 0.1) is 6.61 Å². The molecule has 1 heterocycles. The zero-order valence-electron chi connectivity index (χ0n) is 11.8. The van der Waals surface area contributed by atoms with E-state index in [-0.39, 0.29) is 0 Å². The Balaban J connectivity index is 1.82. The molecule has 0 spiro atoms. The van der Waals surface area contributed by atoms with Gasteiger partial charge in [0.25, 0.3) is 0 Å². The summed E-state index contributed by atoms with van der Waals surface area (Å²) in [5.41, 5.74) is 3.91. The van der Waals surface area contributed by atoms with Gasteiger partial charge in [0, 0.05) is 22.6 Å². The van der Waals surface area contributed by atoms with Gasteiger partial charge in [0.2, 0.25) is 0 Å². The number of hydrogen-bond donors (Lipinski definition) is 2. The van der Waals surface area contributed by atoms with E-state index >= 15 is 0 Å². The number of nitrogens with one attached hydrogen (secondary N) is 2. The summed E-state index contributed by atoms with van der Waals surface area (Å²) in [5, 5.41) is 4.89. The Kier molecular flexibility index (Phi) is 3.47. The van der Waals surface area contributed by atoms with Crippen LogP contribution in [0.15, 0.2) is 18.2 Å². The van der Waals surface area contributed by atoms with Crippen molar-refractivity contribution < 1.29 is 4.74 Å². The first-order valence-corrected chi connectivity index (χ1v) is 7.25. The Labute approximate surface area is 114 Å². The van der Waals surface area contributed by atoms with Gasteiger partial charge in [-0.1, -0.05) is 0 Å². The van der Waals surface area contributed by atoms with Crippen molar-refractivity contribution in [1.29, 1.82) is 0 Å². The first-order valence-electron chi connectivity index (χ1n) is 7.25. The van der Waals surface area contributed by atoms with Crippen LogP contribution in [0.3, 0.4) is 0 Å². The fourth-order valence-electron chi connectivity index (χ4n) is 2.63. The highest BCUT2D eigenvalue weighted by Gasteiger charge is 2.20. The van der Waals surface area contributed by atoms with Crippen LogP contribution in [0.1, 0.15) is 31.0 Å². The lowest BCUT2D eigenvalue weighted by molar-refractivity contribution is 0.340. The number of benzene rings is 1. The largest absolute Gasteiger partial charge is 0.494 e. The molecule has 19 heavy (non-hydrogen) atoms. The van der Waals surface area contributed by atoms with Gasteiger partial charge in [-0.2, -0.15) is 0 Å². The first kappa shape index (κ1) is 12.5. The first-order chi connectivity index (χ1) is 9.28. The molecule has 1 aromatic carbocycles. The minimum atomic E-state index is 0.716. The maximum absolute atomic E-state index is 5.60. The van der Waals surface area contributed by atoms with Crippen LogP contribution in [-0.2, 0) is 6.42 Å². The van der Waals surface area contributed by atoms with Gasteiger partial charge in [-0.15, -0.1) is 0 Å². The summed E-state index contributed by atoms with van der Waals surface area (Å²) in [6.45, 7) is 5.96. The third-order valence-corrected chi connectivity index (χ3v) is 3.79. The molecule has 0 saturated heterocycles. The van der Waals surface area contributed by atoms with Crippen LogP contribution in [0.25, 0.3) is 10.9 Å². The number of rotatable bonds is 6. The monoisotopic (exact) mass is 258 g/mol. The summed E-state index contributed by atoms with van der Waals surface area (Å²) < 4.78 is 5.60. The van der Waals surface area contributed by atoms with Crippen LogP contribution in [0.4, 0.5) is 0 Å². The molecule has 3 rings (SSSR count). The van der Waals surface area contributed by atoms with Crippen LogP contribution in [0, 0.1) is 6.92 Å². The minimum absolute atomic E-state index is 0.716. The Morgan fingerprint density at radius 2 is 2.21 bits per heavy atom. The Hall–Kier alpha value is -1.48. The predicted molar refractivity (Wildman–Crippen MR) is 78.9 cm³/mol. The smallest absolute Gasteiger partial charge is 0.120 e. The minimum Gasteiger partial charge on any atom is -0.494 e. The van der Waals surface area contributed by atoms with Crippen LogP contribution < -0.4 is 10.1 Å². The fraction of sp³-hybridized carbons (Fsp3) is 0.500. The van der Waals surface area contributed by atoms with Crippen molar-refractivity contribution in [2.24, 2.45) is 0 Å². The lowest BCUT2D eigenvalue weighted by Gasteiger charge is -2.05. The van der Waals surface area contributed by atoms with E-state index < -0.39 is 0 Å². The maximum Gasteiger partial charge on any atom is 0.120 e. The SMILES string of the molecule is CCOc1ccc2[nH]c(C)c(CCNC3CC3)c2c1. The average molecular weight is 258 g/mol. The van der Waals surface area contributed by atoms with Gasteiger partial charge in [-0.05, 0) is 63.4 Å². The number of aromatic nitrogens is 1.